The predicted molar refractivity (Wildman–Crippen MR) is 148 cm³/mol. The SMILES string of the molecule is O=C(O)c1ccc(-c2nnc(N3C4CCC3CC(OCc3c(-c5c(Cl)cccc5Cl)noc3C3CC3)C4)o2)c(F)c1. The molecule has 2 saturated heterocycles. The minimum atomic E-state index is -1.21. The number of benzene rings is 2. The fraction of sp³-hybridized carbons (Fsp3) is 0.379. The number of carboxylic acids is 1. The van der Waals surface area contributed by atoms with Crippen LogP contribution >= 0.6 is 23.2 Å². The second-order valence-electron chi connectivity index (χ2n) is 10.8. The smallest absolute Gasteiger partial charge is 0.335 e. The zero-order chi connectivity index (χ0) is 28.2. The molecular weight excluding hydrogens is 574 g/mol. The van der Waals surface area contributed by atoms with Crippen molar-refractivity contribution in [1.29, 1.82) is 0 Å². The number of ether oxygens (including phenoxy) is 1. The Bertz CT molecular complexity index is 1600. The number of nitrogens with zero attached hydrogens (tertiary/aromatic N) is 4. The summed E-state index contributed by atoms with van der Waals surface area (Å²) in [5.41, 5.74) is 2.10. The fourth-order valence-corrected chi connectivity index (χ4v) is 6.65. The number of carbonyl (C=O) groups is 1. The minimum Gasteiger partial charge on any atom is -0.478 e. The topological polar surface area (TPSA) is 115 Å². The number of carboxylic acid groups (broad SMARTS) is 1. The van der Waals surface area contributed by atoms with Crippen LogP contribution in [0.3, 0.4) is 0 Å². The van der Waals surface area contributed by atoms with Gasteiger partial charge < -0.3 is 23.7 Å². The van der Waals surface area contributed by atoms with E-state index in [2.05, 4.69) is 20.3 Å². The number of aromatic carboxylic acids is 1. The van der Waals surface area contributed by atoms with E-state index < -0.39 is 11.8 Å². The van der Waals surface area contributed by atoms with Gasteiger partial charge in [0.2, 0.25) is 0 Å². The summed E-state index contributed by atoms with van der Waals surface area (Å²) in [6.07, 6.45) is 5.55. The summed E-state index contributed by atoms with van der Waals surface area (Å²) >= 11 is 13.0. The zero-order valence-corrected chi connectivity index (χ0v) is 23.2. The predicted octanol–water partition coefficient (Wildman–Crippen LogP) is 7.13. The number of fused-ring (bicyclic) bond motifs is 2. The van der Waals surface area contributed by atoms with Gasteiger partial charge in [-0.25, -0.2) is 9.18 Å². The van der Waals surface area contributed by atoms with E-state index in [9.17, 15) is 9.18 Å². The maximum Gasteiger partial charge on any atom is 0.335 e. The van der Waals surface area contributed by atoms with Gasteiger partial charge in [0.1, 0.15) is 17.3 Å². The van der Waals surface area contributed by atoms with Crippen molar-refractivity contribution >= 4 is 35.2 Å². The van der Waals surface area contributed by atoms with Gasteiger partial charge in [0.25, 0.3) is 5.89 Å². The molecule has 2 aromatic heterocycles. The fourth-order valence-electron chi connectivity index (χ4n) is 6.08. The molecule has 2 unspecified atom stereocenters. The van der Waals surface area contributed by atoms with E-state index in [1.165, 1.54) is 12.1 Å². The summed E-state index contributed by atoms with van der Waals surface area (Å²) < 4.78 is 32.7. The van der Waals surface area contributed by atoms with Gasteiger partial charge in [-0.15, -0.1) is 5.10 Å². The standard InChI is InChI=1S/C29H25Cl2FN4O5/c30-21-2-1-3-22(31)24(21)25-20(26(41-35-25)14-4-5-14)13-39-18-11-16-7-8-17(12-18)36(16)29-34-33-27(40-29)19-9-6-15(28(37)38)10-23(19)32/h1-3,6,9-10,14,16-18H,4-5,7-8,11-13H2,(H,37,38). The van der Waals surface area contributed by atoms with Gasteiger partial charge in [0, 0.05) is 29.1 Å². The van der Waals surface area contributed by atoms with Crippen molar-refractivity contribution in [3.05, 3.63) is 69.1 Å². The molecule has 2 aromatic carbocycles. The number of hydrogen-bond acceptors (Lipinski definition) is 8. The molecule has 3 aliphatic rings. The number of rotatable bonds is 8. The summed E-state index contributed by atoms with van der Waals surface area (Å²) in [6, 6.07) is 9.57. The second-order valence-corrected chi connectivity index (χ2v) is 11.6. The summed E-state index contributed by atoms with van der Waals surface area (Å²) in [5.74, 6) is -0.741. The van der Waals surface area contributed by atoms with Crippen LogP contribution < -0.4 is 4.90 Å². The molecule has 2 atom stereocenters. The normalized spacial score (nSPS) is 21.9. The summed E-state index contributed by atoms with van der Waals surface area (Å²) in [4.78, 5) is 13.2. The molecule has 2 aliphatic heterocycles. The van der Waals surface area contributed by atoms with Crippen molar-refractivity contribution in [2.24, 2.45) is 0 Å². The number of hydrogen-bond donors (Lipinski definition) is 1. The van der Waals surface area contributed by atoms with Crippen molar-refractivity contribution in [3.8, 4) is 22.7 Å². The highest BCUT2D eigenvalue weighted by atomic mass is 35.5. The molecule has 7 rings (SSSR count). The first-order valence-corrected chi connectivity index (χ1v) is 14.3. The van der Waals surface area contributed by atoms with Crippen LogP contribution in [-0.4, -0.2) is 44.6 Å². The summed E-state index contributed by atoms with van der Waals surface area (Å²) in [7, 11) is 0. The molecule has 1 aliphatic carbocycles. The van der Waals surface area contributed by atoms with Crippen LogP contribution in [0.1, 0.15) is 66.1 Å². The molecule has 212 valence electrons. The molecule has 41 heavy (non-hydrogen) atoms. The Labute approximate surface area is 244 Å². The Morgan fingerprint density at radius 3 is 2.46 bits per heavy atom. The van der Waals surface area contributed by atoms with E-state index in [1.807, 2.05) is 0 Å². The lowest BCUT2D eigenvalue weighted by molar-refractivity contribution is 0.0139. The van der Waals surface area contributed by atoms with E-state index in [-0.39, 0.29) is 35.2 Å². The second kappa shape index (κ2) is 10.4. The number of aromatic nitrogens is 3. The number of piperidine rings is 1. The molecule has 12 heteroatoms. The maximum absolute atomic E-state index is 14.6. The van der Waals surface area contributed by atoms with Crippen LogP contribution in [-0.2, 0) is 11.3 Å². The molecular formula is C29H25Cl2FN4O5. The average molecular weight is 599 g/mol. The average Bonchev–Trinajstić information content (AvgIpc) is 3.42. The molecule has 0 amide bonds. The monoisotopic (exact) mass is 598 g/mol. The van der Waals surface area contributed by atoms with E-state index >= 15 is 0 Å². The highest BCUT2D eigenvalue weighted by Gasteiger charge is 2.44. The summed E-state index contributed by atoms with van der Waals surface area (Å²) in [5, 5.41) is 22.7. The minimum absolute atomic E-state index is 0.00340. The zero-order valence-electron chi connectivity index (χ0n) is 21.7. The highest BCUT2D eigenvalue weighted by molar-refractivity contribution is 6.39. The molecule has 1 saturated carbocycles. The maximum atomic E-state index is 14.6. The van der Waals surface area contributed by atoms with Gasteiger partial charge in [0.05, 0.1) is 33.9 Å². The molecule has 0 radical (unpaired) electrons. The molecule has 4 heterocycles. The Hall–Kier alpha value is -3.47. The Morgan fingerprint density at radius 2 is 1.80 bits per heavy atom. The lowest BCUT2D eigenvalue weighted by Crippen LogP contribution is -2.45. The first kappa shape index (κ1) is 26.4. The Kier molecular flexibility index (Phi) is 6.72. The van der Waals surface area contributed by atoms with Gasteiger partial charge in [-0.3, -0.25) is 0 Å². The van der Waals surface area contributed by atoms with Crippen molar-refractivity contribution in [3.63, 3.8) is 0 Å². The lowest BCUT2D eigenvalue weighted by atomic mass is 10.00. The van der Waals surface area contributed by atoms with Crippen LogP contribution in [0.2, 0.25) is 10.0 Å². The first-order chi connectivity index (χ1) is 19.9. The van der Waals surface area contributed by atoms with Crippen LogP contribution in [0, 0.1) is 5.82 Å². The van der Waals surface area contributed by atoms with Crippen LogP contribution in [0.25, 0.3) is 22.7 Å². The molecule has 9 nitrogen and oxygen atoms in total. The third-order valence-corrected chi connectivity index (χ3v) is 8.83. The molecule has 1 N–H and O–H groups in total. The molecule has 2 bridgehead atoms. The van der Waals surface area contributed by atoms with E-state index in [0.29, 0.717) is 39.8 Å². The van der Waals surface area contributed by atoms with Crippen molar-refractivity contribution < 1.29 is 28.0 Å². The lowest BCUT2D eigenvalue weighted by Gasteiger charge is -2.37. The number of halogens is 3. The summed E-state index contributed by atoms with van der Waals surface area (Å²) in [6.45, 7) is 0.340. The molecule has 4 aromatic rings. The Balaban J connectivity index is 1.07. The van der Waals surface area contributed by atoms with Crippen LogP contribution in [0.4, 0.5) is 10.4 Å². The van der Waals surface area contributed by atoms with E-state index in [4.69, 9.17) is 42.0 Å². The van der Waals surface area contributed by atoms with Crippen molar-refractivity contribution in [2.45, 2.75) is 69.2 Å². The van der Waals surface area contributed by atoms with Crippen molar-refractivity contribution in [2.75, 3.05) is 4.90 Å². The molecule has 0 spiro atoms. The largest absolute Gasteiger partial charge is 0.478 e. The van der Waals surface area contributed by atoms with E-state index in [1.54, 1.807) is 18.2 Å². The highest BCUT2D eigenvalue weighted by Crippen LogP contribution is 2.47. The quantitative estimate of drug-likeness (QED) is 0.226. The van der Waals surface area contributed by atoms with E-state index in [0.717, 1.165) is 55.9 Å². The molecule has 3 fully saturated rings. The van der Waals surface area contributed by atoms with Crippen LogP contribution in [0.15, 0.2) is 45.3 Å². The third kappa shape index (κ3) is 4.87. The Morgan fingerprint density at radius 1 is 1.07 bits per heavy atom. The van der Waals surface area contributed by atoms with Gasteiger partial charge in [-0.05, 0) is 68.9 Å². The van der Waals surface area contributed by atoms with Gasteiger partial charge in [-0.2, -0.15) is 0 Å². The third-order valence-electron chi connectivity index (χ3n) is 8.20. The number of anilines is 1. The van der Waals surface area contributed by atoms with Gasteiger partial charge in [-0.1, -0.05) is 39.5 Å². The first-order valence-electron chi connectivity index (χ1n) is 13.6. The van der Waals surface area contributed by atoms with Gasteiger partial charge in [0.15, 0.2) is 0 Å². The van der Waals surface area contributed by atoms with Gasteiger partial charge >= 0.3 is 12.0 Å². The van der Waals surface area contributed by atoms with Crippen molar-refractivity contribution in [1.82, 2.24) is 15.4 Å². The van der Waals surface area contributed by atoms with Crippen LogP contribution in [0.5, 0.6) is 0 Å².